The molecular weight excluding hydrogens is 432 g/mol. The maximum absolute atomic E-state index is 6.49. The SMILES string of the molecule is CCSCCCOc1c2ccccc2c(OCCCSCC)c2cc(C(C)(C)C)ccc12. The normalized spacial score (nSPS) is 11.9. The van der Waals surface area contributed by atoms with E-state index in [1.165, 1.54) is 5.56 Å². The summed E-state index contributed by atoms with van der Waals surface area (Å²) in [5.74, 6) is 6.57. The van der Waals surface area contributed by atoms with Gasteiger partial charge >= 0.3 is 0 Å². The van der Waals surface area contributed by atoms with Crippen molar-refractivity contribution in [2.75, 3.05) is 36.2 Å². The summed E-state index contributed by atoms with van der Waals surface area (Å²) < 4.78 is 12.9. The highest BCUT2D eigenvalue weighted by molar-refractivity contribution is 7.99. The van der Waals surface area contributed by atoms with Gasteiger partial charge in [0, 0.05) is 21.5 Å². The minimum Gasteiger partial charge on any atom is -0.492 e. The highest BCUT2D eigenvalue weighted by Gasteiger charge is 2.20. The van der Waals surface area contributed by atoms with Crippen molar-refractivity contribution in [2.45, 2.75) is 52.9 Å². The molecule has 2 nitrogen and oxygen atoms in total. The van der Waals surface area contributed by atoms with Crippen LogP contribution >= 0.6 is 23.5 Å². The van der Waals surface area contributed by atoms with Crippen LogP contribution in [0.15, 0.2) is 42.5 Å². The third-order valence-electron chi connectivity index (χ3n) is 5.56. The van der Waals surface area contributed by atoms with Crippen molar-refractivity contribution in [3.63, 3.8) is 0 Å². The Labute approximate surface area is 202 Å². The van der Waals surface area contributed by atoms with Gasteiger partial charge in [0.05, 0.1) is 13.2 Å². The Balaban J connectivity index is 2.06. The van der Waals surface area contributed by atoms with E-state index in [0.717, 1.165) is 82.1 Å². The lowest BCUT2D eigenvalue weighted by Gasteiger charge is -2.22. The fraction of sp³-hybridized carbons (Fsp3) is 0.500. The van der Waals surface area contributed by atoms with Crippen LogP contribution in [-0.4, -0.2) is 36.2 Å². The number of fused-ring (bicyclic) bond motifs is 2. The maximum Gasteiger partial charge on any atom is 0.135 e. The van der Waals surface area contributed by atoms with E-state index in [4.69, 9.17) is 9.47 Å². The van der Waals surface area contributed by atoms with Crippen molar-refractivity contribution in [2.24, 2.45) is 0 Å². The molecule has 0 atom stereocenters. The van der Waals surface area contributed by atoms with Crippen molar-refractivity contribution >= 4 is 45.1 Å². The van der Waals surface area contributed by atoms with Gasteiger partial charge < -0.3 is 9.47 Å². The largest absolute Gasteiger partial charge is 0.492 e. The zero-order chi connectivity index (χ0) is 23.0. The molecule has 0 aliphatic heterocycles. The van der Waals surface area contributed by atoms with Gasteiger partial charge in [-0.2, -0.15) is 23.5 Å². The highest BCUT2D eigenvalue weighted by atomic mass is 32.2. The predicted molar refractivity (Wildman–Crippen MR) is 146 cm³/mol. The number of ether oxygens (including phenoxy) is 2. The molecule has 0 radical (unpaired) electrons. The van der Waals surface area contributed by atoms with Crippen molar-refractivity contribution in [1.82, 2.24) is 0 Å². The Kier molecular flexibility index (Phi) is 9.48. The fourth-order valence-corrected chi connectivity index (χ4v) is 5.06. The van der Waals surface area contributed by atoms with Gasteiger partial charge in [-0.3, -0.25) is 0 Å². The Bertz CT molecular complexity index is 1010. The van der Waals surface area contributed by atoms with Crippen molar-refractivity contribution in [3.8, 4) is 11.5 Å². The molecular formula is C28H38O2S2. The first-order valence-electron chi connectivity index (χ1n) is 11.9. The van der Waals surface area contributed by atoms with Crippen LogP contribution in [0.3, 0.4) is 0 Å². The molecule has 0 aliphatic rings. The third kappa shape index (κ3) is 6.29. The van der Waals surface area contributed by atoms with Gasteiger partial charge in [0.1, 0.15) is 11.5 Å². The molecule has 0 unspecified atom stereocenters. The topological polar surface area (TPSA) is 18.5 Å². The van der Waals surface area contributed by atoms with E-state index in [1.54, 1.807) is 0 Å². The summed E-state index contributed by atoms with van der Waals surface area (Å²) in [6.45, 7) is 12.7. The van der Waals surface area contributed by atoms with Gasteiger partial charge in [-0.05, 0) is 52.9 Å². The van der Waals surface area contributed by atoms with Crippen molar-refractivity contribution < 1.29 is 9.47 Å². The lowest BCUT2D eigenvalue weighted by atomic mass is 9.85. The van der Waals surface area contributed by atoms with E-state index in [0.29, 0.717) is 0 Å². The van der Waals surface area contributed by atoms with Crippen LogP contribution < -0.4 is 9.47 Å². The van der Waals surface area contributed by atoms with E-state index < -0.39 is 0 Å². The summed E-state index contributed by atoms with van der Waals surface area (Å²) in [7, 11) is 0. The van der Waals surface area contributed by atoms with E-state index >= 15 is 0 Å². The Hall–Kier alpha value is -1.52. The standard InChI is InChI=1S/C28H38O2S2/c1-6-31-18-10-16-29-26-22-12-8-9-13-23(22)27(30-17-11-19-32-7-2)25-20-21(28(3,4)5)14-15-24(25)26/h8-9,12-15,20H,6-7,10-11,16-19H2,1-5H3. The van der Waals surface area contributed by atoms with Gasteiger partial charge in [0.15, 0.2) is 0 Å². The molecule has 0 saturated heterocycles. The molecule has 0 spiro atoms. The maximum atomic E-state index is 6.49. The quantitative estimate of drug-likeness (QED) is 0.195. The lowest BCUT2D eigenvalue weighted by molar-refractivity contribution is 0.320. The van der Waals surface area contributed by atoms with Gasteiger partial charge in [-0.25, -0.2) is 0 Å². The first-order chi connectivity index (χ1) is 15.5. The zero-order valence-electron chi connectivity index (χ0n) is 20.3. The number of thioether (sulfide) groups is 2. The van der Waals surface area contributed by atoms with Crippen LogP contribution in [-0.2, 0) is 5.41 Å². The highest BCUT2D eigenvalue weighted by Crippen LogP contribution is 2.44. The van der Waals surface area contributed by atoms with Crippen molar-refractivity contribution in [3.05, 3.63) is 48.0 Å². The molecule has 32 heavy (non-hydrogen) atoms. The Morgan fingerprint density at radius 2 is 1.19 bits per heavy atom. The molecule has 174 valence electrons. The molecule has 0 N–H and O–H groups in total. The number of benzene rings is 3. The molecule has 0 aliphatic carbocycles. The molecule has 3 aromatic rings. The summed E-state index contributed by atoms with van der Waals surface area (Å²) >= 11 is 3.94. The first kappa shape index (κ1) is 25.1. The average molecular weight is 471 g/mol. The smallest absolute Gasteiger partial charge is 0.135 e. The summed E-state index contributed by atoms with van der Waals surface area (Å²) in [5.41, 5.74) is 1.39. The summed E-state index contributed by atoms with van der Waals surface area (Å²) in [6.07, 6.45) is 2.11. The van der Waals surface area contributed by atoms with Crippen LogP contribution in [0.1, 0.15) is 53.0 Å². The number of hydrogen-bond donors (Lipinski definition) is 0. The molecule has 0 amide bonds. The Morgan fingerprint density at radius 3 is 1.69 bits per heavy atom. The van der Waals surface area contributed by atoms with Crippen LogP contribution in [0.5, 0.6) is 11.5 Å². The molecule has 3 aromatic carbocycles. The summed E-state index contributed by atoms with van der Waals surface area (Å²) in [6, 6.07) is 15.3. The van der Waals surface area contributed by atoms with E-state index in [9.17, 15) is 0 Å². The predicted octanol–water partition coefficient (Wildman–Crippen LogP) is 8.33. The minimum atomic E-state index is 0.0767. The van der Waals surface area contributed by atoms with Crippen LogP contribution in [0, 0.1) is 0 Å². The minimum absolute atomic E-state index is 0.0767. The van der Waals surface area contributed by atoms with E-state index in [1.807, 2.05) is 23.5 Å². The summed E-state index contributed by atoms with van der Waals surface area (Å²) in [4.78, 5) is 0. The van der Waals surface area contributed by atoms with Gasteiger partial charge in [-0.15, -0.1) is 0 Å². The second kappa shape index (κ2) is 12.1. The molecule has 0 bridgehead atoms. The lowest BCUT2D eigenvalue weighted by Crippen LogP contribution is -2.11. The second-order valence-electron chi connectivity index (χ2n) is 9.01. The molecule has 4 heteroatoms. The van der Waals surface area contributed by atoms with Gasteiger partial charge in [-0.1, -0.05) is 71.0 Å². The second-order valence-corrected chi connectivity index (χ2v) is 11.8. The average Bonchev–Trinajstić information content (AvgIpc) is 2.78. The number of hydrogen-bond acceptors (Lipinski definition) is 4. The number of rotatable bonds is 12. The molecule has 0 saturated carbocycles. The molecule has 0 fully saturated rings. The Morgan fingerprint density at radius 1 is 0.688 bits per heavy atom. The van der Waals surface area contributed by atoms with Gasteiger partial charge in [0.2, 0.25) is 0 Å². The monoisotopic (exact) mass is 470 g/mol. The summed E-state index contributed by atoms with van der Waals surface area (Å²) in [5, 5.41) is 4.60. The molecule has 0 heterocycles. The first-order valence-corrected chi connectivity index (χ1v) is 14.2. The molecule has 0 aromatic heterocycles. The van der Waals surface area contributed by atoms with Crippen LogP contribution in [0.2, 0.25) is 0 Å². The zero-order valence-corrected chi connectivity index (χ0v) is 22.0. The van der Waals surface area contributed by atoms with Crippen LogP contribution in [0.4, 0.5) is 0 Å². The van der Waals surface area contributed by atoms with Gasteiger partial charge in [0.25, 0.3) is 0 Å². The van der Waals surface area contributed by atoms with Crippen LogP contribution in [0.25, 0.3) is 21.5 Å². The van der Waals surface area contributed by atoms with E-state index in [2.05, 4.69) is 77.1 Å². The molecule has 3 rings (SSSR count). The van der Waals surface area contributed by atoms with Crippen molar-refractivity contribution in [1.29, 1.82) is 0 Å². The third-order valence-corrected chi connectivity index (χ3v) is 7.53. The fourth-order valence-electron chi connectivity index (χ4n) is 3.84. The van der Waals surface area contributed by atoms with E-state index in [-0.39, 0.29) is 5.41 Å².